The van der Waals surface area contributed by atoms with E-state index < -0.39 is 0 Å². The molecule has 0 radical (unpaired) electrons. The van der Waals surface area contributed by atoms with Crippen LogP contribution in [0.4, 0.5) is 0 Å². The molecule has 0 atom stereocenters. The Morgan fingerprint density at radius 2 is 2.22 bits per heavy atom. The molecule has 18 heavy (non-hydrogen) atoms. The summed E-state index contributed by atoms with van der Waals surface area (Å²) in [5, 5.41) is 13.9. The molecule has 0 aliphatic rings. The molecule has 0 saturated heterocycles. The van der Waals surface area contributed by atoms with Crippen molar-refractivity contribution in [1.29, 1.82) is 5.26 Å². The molecule has 0 fully saturated rings. The summed E-state index contributed by atoms with van der Waals surface area (Å²) in [6.07, 6.45) is 0.686. The van der Waals surface area contributed by atoms with Crippen LogP contribution < -0.4 is 0 Å². The maximum atomic E-state index is 9.11. The third kappa shape index (κ3) is 2.16. The van der Waals surface area contributed by atoms with E-state index in [9.17, 15) is 0 Å². The predicted octanol–water partition coefficient (Wildman–Crippen LogP) is 4.03. The molecular weight excluding hydrogens is 314 g/mol. The van der Waals surface area contributed by atoms with Crippen LogP contribution in [0.5, 0.6) is 0 Å². The van der Waals surface area contributed by atoms with E-state index in [4.69, 9.17) is 16.9 Å². The van der Waals surface area contributed by atoms with E-state index in [-0.39, 0.29) is 0 Å². The average Bonchev–Trinajstić information content (AvgIpc) is 2.66. The van der Waals surface area contributed by atoms with Crippen molar-refractivity contribution in [2.45, 2.75) is 20.3 Å². The quantitative estimate of drug-likeness (QED) is 0.837. The van der Waals surface area contributed by atoms with Gasteiger partial charge in [-0.2, -0.15) is 10.4 Å². The van der Waals surface area contributed by atoms with E-state index in [0.29, 0.717) is 17.1 Å². The third-order valence-corrected chi connectivity index (χ3v) is 3.58. The fourth-order valence-corrected chi connectivity index (χ4v) is 2.57. The van der Waals surface area contributed by atoms with Crippen LogP contribution in [0.2, 0.25) is 5.15 Å². The first-order chi connectivity index (χ1) is 8.58. The molecule has 1 aromatic heterocycles. The fourth-order valence-electron chi connectivity index (χ4n) is 1.81. The largest absolute Gasteiger partial charge is 0.220 e. The van der Waals surface area contributed by atoms with E-state index in [1.807, 2.05) is 32.0 Å². The minimum absolute atomic E-state index is 0.375. The SMILES string of the molecule is CCc1nn(-c2ccc(Br)cc2C)c(Cl)c1C#N. The Hall–Kier alpha value is -1.31. The first kappa shape index (κ1) is 13.1. The van der Waals surface area contributed by atoms with Gasteiger partial charge in [-0.1, -0.05) is 34.5 Å². The number of benzene rings is 1. The molecule has 2 rings (SSSR count). The van der Waals surface area contributed by atoms with E-state index in [1.165, 1.54) is 0 Å². The van der Waals surface area contributed by atoms with Crippen LogP contribution in [0.15, 0.2) is 22.7 Å². The molecule has 1 aromatic carbocycles. The van der Waals surface area contributed by atoms with Gasteiger partial charge in [0.15, 0.2) is 5.15 Å². The lowest BCUT2D eigenvalue weighted by molar-refractivity contribution is 0.836. The highest BCUT2D eigenvalue weighted by molar-refractivity contribution is 9.10. The monoisotopic (exact) mass is 323 g/mol. The van der Waals surface area contributed by atoms with Gasteiger partial charge in [0, 0.05) is 4.47 Å². The van der Waals surface area contributed by atoms with Crippen molar-refractivity contribution in [3.63, 3.8) is 0 Å². The zero-order valence-corrected chi connectivity index (χ0v) is 12.4. The fraction of sp³-hybridized carbons (Fsp3) is 0.231. The third-order valence-electron chi connectivity index (χ3n) is 2.74. The summed E-state index contributed by atoms with van der Waals surface area (Å²) in [6.45, 7) is 3.94. The Morgan fingerprint density at radius 3 is 2.72 bits per heavy atom. The molecule has 0 amide bonds. The predicted molar refractivity (Wildman–Crippen MR) is 75.1 cm³/mol. The minimum atomic E-state index is 0.375. The number of aromatic nitrogens is 2. The van der Waals surface area contributed by atoms with Crippen LogP contribution >= 0.6 is 27.5 Å². The highest BCUT2D eigenvalue weighted by Gasteiger charge is 2.16. The second-order valence-corrected chi connectivity index (χ2v) is 5.19. The smallest absolute Gasteiger partial charge is 0.150 e. The normalized spacial score (nSPS) is 10.4. The Kier molecular flexibility index (Phi) is 3.74. The highest BCUT2D eigenvalue weighted by atomic mass is 79.9. The molecule has 1 heterocycles. The van der Waals surface area contributed by atoms with E-state index >= 15 is 0 Å². The number of nitrogens with zero attached hydrogens (tertiary/aromatic N) is 3. The molecular formula is C13H11BrClN3. The topological polar surface area (TPSA) is 41.6 Å². The Balaban J connectivity index is 2.65. The van der Waals surface area contributed by atoms with Crippen LogP contribution in [0.25, 0.3) is 5.69 Å². The maximum Gasteiger partial charge on any atom is 0.150 e. The van der Waals surface area contributed by atoms with Crippen molar-refractivity contribution in [1.82, 2.24) is 9.78 Å². The summed E-state index contributed by atoms with van der Waals surface area (Å²) in [5.74, 6) is 0. The summed E-state index contributed by atoms with van der Waals surface area (Å²) in [4.78, 5) is 0. The van der Waals surface area contributed by atoms with Crippen LogP contribution in [0, 0.1) is 18.3 Å². The van der Waals surface area contributed by atoms with E-state index in [0.717, 1.165) is 21.4 Å². The summed E-state index contributed by atoms with van der Waals surface area (Å²) in [7, 11) is 0. The summed E-state index contributed by atoms with van der Waals surface area (Å²) < 4.78 is 2.63. The van der Waals surface area contributed by atoms with E-state index in [1.54, 1.807) is 4.68 Å². The van der Waals surface area contributed by atoms with Crippen LogP contribution in [0.1, 0.15) is 23.7 Å². The molecule has 0 aliphatic carbocycles. The van der Waals surface area contributed by atoms with E-state index in [2.05, 4.69) is 27.1 Å². The molecule has 2 aromatic rings. The Morgan fingerprint density at radius 1 is 1.50 bits per heavy atom. The van der Waals surface area contributed by atoms with Gasteiger partial charge in [-0.25, -0.2) is 4.68 Å². The lowest BCUT2D eigenvalue weighted by atomic mass is 10.2. The standard InChI is InChI=1S/C13H11BrClN3/c1-3-11-10(7-16)13(15)18(17-11)12-5-4-9(14)6-8(12)2/h4-6H,3H2,1-2H3. The van der Waals surface area contributed by atoms with Gasteiger partial charge in [0.1, 0.15) is 11.6 Å². The van der Waals surface area contributed by atoms with Crippen LogP contribution in [0.3, 0.4) is 0 Å². The number of hydrogen-bond acceptors (Lipinski definition) is 2. The number of halogens is 2. The highest BCUT2D eigenvalue weighted by Crippen LogP contribution is 2.26. The Bertz CT molecular complexity index is 640. The number of rotatable bonds is 2. The van der Waals surface area contributed by atoms with Gasteiger partial charge in [0.25, 0.3) is 0 Å². The van der Waals surface area contributed by atoms with Crippen LogP contribution in [-0.4, -0.2) is 9.78 Å². The van der Waals surface area contributed by atoms with Gasteiger partial charge >= 0.3 is 0 Å². The molecule has 0 N–H and O–H groups in total. The number of nitriles is 1. The molecule has 0 aliphatic heterocycles. The molecule has 3 nitrogen and oxygen atoms in total. The molecule has 5 heteroatoms. The zero-order chi connectivity index (χ0) is 13.3. The number of aryl methyl sites for hydroxylation is 2. The summed E-state index contributed by atoms with van der Waals surface area (Å²) in [6, 6.07) is 7.96. The summed E-state index contributed by atoms with van der Waals surface area (Å²) in [5.41, 5.74) is 3.12. The number of hydrogen-bond donors (Lipinski definition) is 0. The lowest BCUT2D eigenvalue weighted by Gasteiger charge is -2.07. The van der Waals surface area contributed by atoms with Crippen molar-refractivity contribution >= 4 is 27.5 Å². The zero-order valence-electron chi connectivity index (χ0n) is 10.0. The van der Waals surface area contributed by atoms with Gasteiger partial charge in [0.2, 0.25) is 0 Å². The first-order valence-corrected chi connectivity index (χ1v) is 6.69. The van der Waals surface area contributed by atoms with Crippen molar-refractivity contribution in [3.8, 4) is 11.8 Å². The molecule has 92 valence electrons. The van der Waals surface area contributed by atoms with Gasteiger partial charge in [-0.3, -0.25) is 0 Å². The maximum absolute atomic E-state index is 9.11. The van der Waals surface area contributed by atoms with Gasteiger partial charge < -0.3 is 0 Å². The second kappa shape index (κ2) is 5.13. The van der Waals surface area contributed by atoms with Crippen molar-refractivity contribution in [2.75, 3.05) is 0 Å². The first-order valence-electron chi connectivity index (χ1n) is 5.52. The van der Waals surface area contributed by atoms with Gasteiger partial charge in [0.05, 0.1) is 11.4 Å². The lowest BCUT2D eigenvalue weighted by Crippen LogP contribution is -1.99. The second-order valence-electron chi connectivity index (χ2n) is 3.92. The van der Waals surface area contributed by atoms with Gasteiger partial charge in [-0.15, -0.1) is 0 Å². The Labute approximate surface area is 119 Å². The summed E-state index contributed by atoms with van der Waals surface area (Å²) >= 11 is 9.64. The molecule has 0 spiro atoms. The molecule has 0 unspecified atom stereocenters. The van der Waals surface area contributed by atoms with Gasteiger partial charge in [-0.05, 0) is 37.1 Å². The van der Waals surface area contributed by atoms with Crippen molar-refractivity contribution in [2.24, 2.45) is 0 Å². The molecule has 0 saturated carbocycles. The minimum Gasteiger partial charge on any atom is -0.220 e. The van der Waals surface area contributed by atoms with Crippen molar-refractivity contribution < 1.29 is 0 Å². The average molecular weight is 325 g/mol. The van der Waals surface area contributed by atoms with Crippen molar-refractivity contribution in [3.05, 3.63) is 44.6 Å². The molecule has 0 bridgehead atoms. The van der Waals surface area contributed by atoms with Crippen LogP contribution in [-0.2, 0) is 6.42 Å².